The van der Waals surface area contributed by atoms with Crippen molar-refractivity contribution in [3.8, 4) is 5.75 Å². The lowest BCUT2D eigenvalue weighted by atomic mass is 9.95. The molecule has 0 saturated carbocycles. The molecule has 150 valence electrons. The number of para-hydroxylation sites is 2. The van der Waals surface area contributed by atoms with Gasteiger partial charge < -0.3 is 25.4 Å². The lowest BCUT2D eigenvalue weighted by Crippen LogP contribution is -2.45. The van der Waals surface area contributed by atoms with Gasteiger partial charge in [0.1, 0.15) is 11.9 Å². The Kier molecular flexibility index (Phi) is 7.89. The normalized spacial score (nSPS) is 22.8. The van der Waals surface area contributed by atoms with Gasteiger partial charge in [-0.1, -0.05) is 12.1 Å². The number of carbonyl (C=O) groups is 2. The molecule has 0 aromatic heterocycles. The van der Waals surface area contributed by atoms with E-state index in [1.165, 1.54) is 0 Å². The van der Waals surface area contributed by atoms with Crippen molar-refractivity contribution < 1.29 is 19.1 Å². The highest BCUT2D eigenvalue weighted by atomic mass is 35.5. The summed E-state index contributed by atoms with van der Waals surface area (Å²) >= 11 is 0. The second-order valence-corrected chi connectivity index (χ2v) is 6.85. The summed E-state index contributed by atoms with van der Waals surface area (Å²) in [4.78, 5) is 26.9. The zero-order chi connectivity index (χ0) is 18.5. The smallest absolute Gasteiger partial charge is 0.251 e. The molecule has 0 radical (unpaired) electrons. The van der Waals surface area contributed by atoms with Crippen LogP contribution in [0.5, 0.6) is 5.75 Å². The Morgan fingerprint density at radius 2 is 1.93 bits per heavy atom. The maximum atomic E-state index is 12.6. The molecule has 7 nitrogen and oxygen atoms in total. The van der Waals surface area contributed by atoms with E-state index in [9.17, 15) is 9.59 Å². The zero-order valence-electron chi connectivity index (χ0n) is 15.6. The van der Waals surface area contributed by atoms with Crippen LogP contribution in [0.15, 0.2) is 24.3 Å². The van der Waals surface area contributed by atoms with Crippen molar-refractivity contribution >= 4 is 29.9 Å². The van der Waals surface area contributed by atoms with Gasteiger partial charge in [0.05, 0.1) is 18.9 Å². The standard InChI is InChI=1S/C19H27N3O4.ClH/c1-25-16-5-3-2-4-15(16)21-18(23)13-8-10-22(11-9-13)19(24)17-7-6-14(12-20)26-17;/h2-5,13-14,17H,6-12,20H2,1H3,(H,21,23);1H/t14-,17+;/m1./s1. The van der Waals surface area contributed by atoms with E-state index in [4.69, 9.17) is 15.2 Å². The number of halogens is 1. The number of nitrogens with two attached hydrogens (primary N) is 1. The first kappa shape index (κ1) is 21.5. The van der Waals surface area contributed by atoms with Gasteiger partial charge >= 0.3 is 0 Å². The molecule has 8 heteroatoms. The third-order valence-corrected chi connectivity index (χ3v) is 5.19. The highest BCUT2D eigenvalue weighted by Crippen LogP contribution is 2.27. The summed E-state index contributed by atoms with van der Waals surface area (Å²) in [6.07, 6.45) is 2.50. The molecular weight excluding hydrogens is 370 g/mol. The molecule has 1 aromatic carbocycles. The second-order valence-electron chi connectivity index (χ2n) is 6.85. The molecule has 0 unspecified atom stereocenters. The summed E-state index contributed by atoms with van der Waals surface area (Å²) in [5, 5.41) is 2.94. The van der Waals surface area contributed by atoms with Gasteiger partial charge in [-0.15, -0.1) is 12.4 Å². The van der Waals surface area contributed by atoms with Crippen LogP contribution < -0.4 is 15.8 Å². The number of amides is 2. The number of carbonyl (C=O) groups excluding carboxylic acids is 2. The van der Waals surface area contributed by atoms with Crippen molar-refractivity contribution in [1.82, 2.24) is 4.90 Å². The predicted octanol–water partition coefficient (Wildman–Crippen LogP) is 1.80. The van der Waals surface area contributed by atoms with E-state index in [1.807, 2.05) is 29.2 Å². The van der Waals surface area contributed by atoms with Gasteiger partial charge in [0.25, 0.3) is 5.91 Å². The van der Waals surface area contributed by atoms with Crippen LogP contribution in [-0.4, -0.2) is 55.7 Å². The average molecular weight is 398 g/mol. The maximum Gasteiger partial charge on any atom is 0.251 e. The number of hydrogen-bond acceptors (Lipinski definition) is 5. The number of methoxy groups -OCH3 is 1. The van der Waals surface area contributed by atoms with Crippen molar-refractivity contribution in [2.24, 2.45) is 11.7 Å². The van der Waals surface area contributed by atoms with Crippen molar-refractivity contribution in [1.29, 1.82) is 0 Å². The van der Waals surface area contributed by atoms with Crippen LogP contribution in [0.3, 0.4) is 0 Å². The Labute approximate surface area is 166 Å². The second kappa shape index (κ2) is 9.92. The molecule has 2 saturated heterocycles. The van der Waals surface area contributed by atoms with E-state index < -0.39 is 0 Å². The van der Waals surface area contributed by atoms with Crippen LogP contribution in [0.2, 0.25) is 0 Å². The molecule has 2 fully saturated rings. The predicted molar refractivity (Wildman–Crippen MR) is 105 cm³/mol. The number of likely N-dealkylation sites (tertiary alicyclic amines) is 1. The van der Waals surface area contributed by atoms with E-state index in [-0.39, 0.29) is 42.3 Å². The van der Waals surface area contributed by atoms with E-state index in [1.54, 1.807) is 7.11 Å². The topological polar surface area (TPSA) is 93.9 Å². The first-order valence-corrected chi connectivity index (χ1v) is 9.20. The highest BCUT2D eigenvalue weighted by Gasteiger charge is 2.35. The first-order valence-electron chi connectivity index (χ1n) is 9.20. The summed E-state index contributed by atoms with van der Waals surface area (Å²) in [5.41, 5.74) is 6.28. The van der Waals surface area contributed by atoms with Gasteiger partial charge in [-0.3, -0.25) is 9.59 Å². The number of anilines is 1. The molecule has 27 heavy (non-hydrogen) atoms. The van der Waals surface area contributed by atoms with Crippen LogP contribution in [0.4, 0.5) is 5.69 Å². The highest BCUT2D eigenvalue weighted by molar-refractivity contribution is 5.94. The maximum absolute atomic E-state index is 12.6. The fraction of sp³-hybridized carbons (Fsp3) is 0.579. The molecule has 0 spiro atoms. The number of rotatable bonds is 5. The van der Waals surface area contributed by atoms with Crippen LogP contribution in [0.1, 0.15) is 25.7 Å². The number of piperidine rings is 1. The van der Waals surface area contributed by atoms with Gasteiger partial charge in [-0.05, 0) is 37.8 Å². The van der Waals surface area contributed by atoms with Crippen molar-refractivity contribution in [2.45, 2.75) is 37.9 Å². The van der Waals surface area contributed by atoms with Crippen LogP contribution in [0, 0.1) is 5.92 Å². The Bertz CT molecular complexity index is 650. The Morgan fingerprint density at radius 3 is 2.56 bits per heavy atom. The number of hydrogen-bond donors (Lipinski definition) is 2. The van der Waals surface area contributed by atoms with E-state index in [2.05, 4.69) is 5.32 Å². The average Bonchev–Trinajstić information content (AvgIpc) is 3.17. The third kappa shape index (κ3) is 5.12. The van der Waals surface area contributed by atoms with Gasteiger partial charge in [-0.25, -0.2) is 0 Å². The van der Waals surface area contributed by atoms with Crippen molar-refractivity contribution in [3.05, 3.63) is 24.3 Å². The van der Waals surface area contributed by atoms with E-state index in [0.717, 1.165) is 12.8 Å². The summed E-state index contributed by atoms with van der Waals surface area (Å²) in [6.45, 7) is 1.61. The molecule has 2 heterocycles. The van der Waals surface area contributed by atoms with Gasteiger partial charge in [0.2, 0.25) is 5.91 Å². The number of ether oxygens (including phenoxy) is 2. The lowest BCUT2D eigenvalue weighted by molar-refractivity contribution is -0.145. The summed E-state index contributed by atoms with van der Waals surface area (Å²) in [6, 6.07) is 7.35. The monoisotopic (exact) mass is 397 g/mol. The Hall–Kier alpha value is -1.83. The molecule has 1 aromatic rings. The molecule has 0 aliphatic carbocycles. The fourth-order valence-electron chi connectivity index (χ4n) is 3.61. The molecule has 2 aliphatic heterocycles. The SMILES string of the molecule is COc1ccccc1NC(=O)C1CCN(C(=O)[C@@H]2CC[C@H](CN)O2)CC1.Cl. The number of nitrogens with zero attached hydrogens (tertiary/aromatic N) is 1. The first-order chi connectivity index (χ1) is 12.6. The molecule has 3 N–H and O–H groups in total. The van der Waals surface area contributed by atoms with Crippen molar-refractivity contribution in [3.63, 3.8) is 0 Å². The summed E-state index contributed by atoms with van der Waals surface area (Å²) < 4.78 is 11.0. The van der Waals surface area contributed by atoms with Gasteiger partial charge in [0, 0.05) is 25.6 Å². The molecule has 3 rings (SSSR count). The zero-order valence-corrected chi connectivity index (χ0v) is 16.4. The summed E-state index contributed by atoms with van der Waals surface area (Å²) in [7, 11) is 1.58. The van der Waals surface area contributed by atoms with Crippen LogP contribution >= 0.6 is 12.4 Å². The molecule has 2 atom stereocenters. The Balaban J connectivity index is 0.00000261. The molecule has 0 bridgehead atoms. The number of benzene rings is 1. The quantitative estimate of drug-likeness (QED) is 0.790. The van der Waals surface area contributed by atoms with Crippen LogP contribution in [0.25, 0.3) is 0 Å². The molecule has 2 amide bonds. The lowest BCUT2D eigenvalue weighted by Gasteiger charge is -2.33. The minimum Gasteiger partial charge on any atom is -0.495 e. The molecule has 2 aliphatic rings. The van der Waals surface area contributed by atoms with Gasteiger partial charge in [-0.2, -0.15) is 0 Å². The number of nitrogens with one attached hydrogen (secondary N) is 1. The largest absolute Gasteiger partial charge is 0.495 e. The van der Waals surface area contributed by atoms with Gasteiger partial charge in [0.15, 0.2) is 0 Å². The van der Waals surface area contributed by atoms with E-state index >= 15 is 0 Å². The Morgan fingerprint density at radius 1 is 1.22 bits per heavy atom. The van der Waals surface area contributed by atoms with Crippen LogP contribution in [-0.2, 0) is 14.3 Å². The fourth-order valence-corrected chi connectivity index (χ4v) is 3.61. The van der Waals surface area contributed by atoms with E-state index in [0.29, 0.717) is 43.9 Å². The minimum absolute atomic E-state index is 0. The minimum atomic E-state index is -0.373. The van der Waals surface area contributed by atoms with Crippen molar-refractivity contribution in [2.75, 3.05) is 32.1 Å². The third-order valence-electron chi connectivity index (χ3n) is 5.19. The molecular formula is C19H28ClN3O4. The summed E-state index contributed by atoms with van der Waals surface area (Å²) in [5.74, 6) is 0.540.